The summed E-state index contributed by atoms with van der Waals surface area (Å²) in [5.74, 6) is 0.272. The Bertz CT molecular complexity index is 360. The van der Waals surface area contributed by atoms with Gasteiger partial charge in [0.1, 0.15) is 0 Å². The molecule has 0 N–H and O–H groups in total. The summed E-state index contributed by atoms with van der Waals surface area (Å²) in [4.78, 5) is 4.45. The van der Waals surface area contributed by atoms with Crippen molar-refractivity contribution >= 4 is 10.0 Å². The fraction of sp³-hybridized carbons (Fsp3) is 1.00. The van der Waals surface area contributed by atoms with Gasteiger partial charge >= 0.3 is 0 Å². The number of ether oxygens (including phenoxy) is 1. The molecular weight excluding hydrogens is 266 g/mol. The van der Waals surface area contributed by atoms with Crippen molar-refractivity contribution in [2.75, 3.05) is 71.8 Å². The van der Waals surface area contributed by atoms with Crippen molar-refractivity contribution in [1.82, 2.24) is 14.1 Å². The van der Waals surface area contributed by atoms with Gasteiger partial charge in [0.15, 0.2) is 0 Å². The standard InChI is InChI=1S/C12H25N3O3S/c1-13-4-6-15(7-5-13)19(16,17)12-2-3-14-8-10-18-11-9-14/h2-12H2,1H3. The summed E-state index contributed by atoms with van der Waals surface area (Å²) < 4.78 is 31.3. The number of rotatable bonds is 5. The van der Waals surface area contributed by atoms with Gasteiger partial charge in [-0.3, -0.25) is 4.90 Å². The van der Waals surface area contributed by atoms with Crippen LogP contribution >= 0.6 is 0 Å². The molecule has 0 aliphatic carbocycles. The third-order valence-electron chi connectivity index (χ3n) is 3.84. The van der Waals surface area contributed by atoms with Crippen molar-refractivity contribution in [2.45, 2.75) is 6.42 Å². The van der Waals surface area contributed by atoms with Crippen molar-refractivity contribution < 1.29 is 13.2 Å². The summed E-state index contributed by atoms with van der Waals surface area (Å²) in [6, 6.07) is 0. The molecule has 0 bridgehead atoms. The predicted molar refractivity (Wildman–Crippen MR) is 74.7 cm³/mol. The molecule has 0 aromatic heterocycles. The van der Waals surface area contributed by atoms with E-state index in [0.29, 0.717) is 19.5 Å². The Balaban J connectivity index is 1.71. The van der Waals surface area contributed by atoms with E-state index in [0.717, 1.165) is 45.9 Å². The van der Waals surface area contributed by atoms with Gasteiger partial charge in [-0.15, -0.1) is 0 Å². The molecule has 2 saturated heterocycles. The minimum atomic E-state index is -3.06. The minimum absolute atomic E-state index is 0.272. The molecule has 0 aromatic carbocycles. The normalized spacial score (nSPS) is 24.7. The molecule has 6 nitrogen and oxygen atoms in total. The zero-order valence-corrected chi connectivity index (χ0v) is 12.6. The second-order valence-electron chi connectivity index (χ2n) is 5.33. The average molecular weight is 291 g/mol. The van der Waals surface area contributed by atoms with Crippen LogP contribution in [0.3, 0.4) is 0 Å². The molecule has 2 rings (SSSR count). The van der Waals surface area contributed by atoms with E-state index < -0.39 is 10.0 Å². The third kappa shape index (κ3) is 4.68. The van der Waals surface area contributed by atoms with Crippen LogP contribution in [-0.4, -0.2) is 94.4 Å². The maximum atomic E-state index is 12.2. The van der Waals surface area contributed by atoms with Gasteiger partial charge in [0.2, 0.25) is 10.0 Å². The highest BCUT2D eigenvalue weighted by atomic mass is 32.2. The number of likely N-dealkylation sites (N-methyl/N-ethyl adjacent to an activating group) is 1. The van der Waals surface area contributed by atoms with Crippen LogP contribution in [0.2, 0.25) is 0 Å². The maximum absolute atomic E-state index is 12.2. The van der Waals surface area contributed by atoms with Gasteiger partial charge in [0.05, 0.1) is 19.0 Å². The molecule has 2 fully saturated rings. The summed E-state index contributed by atoms with van der Waals surface area (Å²) in [5.41, 5.74) is 0. The van der Waals surface area contributed by atoms with E-state index in [1.54, 1.807) is 4.31 Å². The van der Waals surface area contributed by atoms with Gasteiger partial charge in [-0.2, -0.15) is 4.31 Å². The molecule has 0 amide bonds. The second-order valence-corrected chi connectivity index (χ2v) is 7.41. The summed E-state index contributed by atoms with van der Waals surface area (Å²) in [7, 11) is -1.03. The molecule has 0 aromatic rings. The van der Waals surface area contributed by atoms with Crippen LogP contribution in [0.15, 0.2) is 0 Å². The Kier molecular flexibility index (Phi) is 5.58. The van der Waals surface area contributed by atoms with E-state index in [9.17, 15) is 8.42 Å². The summed E-state index contributed by atoms with van der Waals surface area (Å²) in [5, 5.41) is 0. The molecule has 2 aliphatic rings. The van der Waals surface area contributed by atoms with Crippen LogP contribution < -0.4 is 0 Å². The highest BCUT2D eigenvalue weighted by Gasteiger charge is 2.25. The molecule has 0 spiro atoms. The van der Waals surface area contributed by atoms with E-state index >= 15 is 0 Å². The van der Waals surface area contributed by atoms with Crippen molar-refractivity contribution in [2.24, 2.45) is 0 Å². The number of nitrogens with zero attached hydrogens (tertiary/aromatic N) is 3. The van der Waals surface area contributed by atoms with E-state index in [2.05, 4.69) is 9.80 Å². The molecule has 2 aliphatic heterocycles. The Morgan fingerprint density at radius 1 is 1.00 bits per heavy atom. The molecule has 0 unspecified atom stereocenters. The lowest BCUT2D eigenvalue weighted by atomic mass is 10.4. The lowest BCUT2D eigenvalue weighted by Crippen LogP contribution is -2.48. The van der Waals surface area contributed by atoms with Gasteiger partial charge in [0.25, 0.3) is 0 Å². The van der Waals surface area contributed by atoms with Crippen LogP contribution in [-0.2, 0) is 14.8 Å². The fourth-order valence-corrected chi connectivity index (χ4v) is 3.96. The average Bonchev–Trinajstić information content (AvgIpc) is 2.40. The van der Waals surface area contributed by atoms with Gasteiger partial charge < -0.3 is 9.64 Å². The summed E-state index contributed by atoms with van der Waals surface area (Å²) in [6.45, 7) is 7.19. The number of hydrogen-bond donors (Lipinski definition) is 0. The van der Waals surface area contributed by atoms with Crippen LogP contribution in [0.5, 0.6) is 0 Å². The maximum Gasteiger partial charge on any atom is 0.214 e. The van der Waals surface area contributed by atoms with E-state index in [1.807, 2.05) is 7.05 Å². The lowest BCUT2D eigenvalue weighted by Gasteiger charge is -2.32. The first-order chi connectivity index (χ1) is 9.08. The van der Waals surface area contributed by atoms with Gasteiger partial charge in [-0.25, -0.2) is 8.42 Å². The fourth-order valence-electron chi connectivity index (χ4n) is 2.49. The van der Waals surface area contributed by atoms with Gasteiger partial charge in [-0.1, -0.05) is 0 Å². The van der Waals surface area contributed by atoms with Crippen molar-refractivity contribution in [1.29, 1.82) is 0 Å². The highest BCUT2D eigenvalue weighted by Crippen LogP contribution is 2.08. The number of sulfonamides is 1. The SMILES string of the molecule is CN1CCN(S(=O)(=O)CCCN2CCOCC2)CC1. The Morgan fingerprint density at radius 3 is 2.26 bits per heavy atom. The van der Waals surface area contributed by atoms with Gasteiger partial charge in [-0.05, 0) is 20.0 Å². The summed E-state index contributed by atoms with van der Waals surface area (Å²) in [6.07, 6.45) is 0.717. The molecule has 112 valence electrons. The molecular formula is C12H25N3O3S. The smallest absolute Gasteiger partial charge is 0.214 e. The quantitative estimate of drug-likeness (QED) is 0.669. The van der Waals surface area contributed by atoms with Crippen LogP contribution in [0.1, 0.15) is 6.42 Å². The monoisotopic (exact) mass is 291 g/mol. The zero-order valence-electron chi connectivity index (χ0n) is 11.8. The first-order valence-electron chi connectivity index (χ1n) is 7.04. The van der Waals surface area contributed by atoms with Crippen molar-refractivity contribution in [3.05, 3.63) is 0 Å². The van der Waals surface area contributed by atoms with Gasteiger partial charge in [0, 0.05) is 39.3 Å². The zero-order chi connectivity index (χ0) is 13.7. The van der Waals surface area contributed by atoms with Crippen molar-refractivity contribution in [3.63, 3.8) is 0 Å². The van der Waals surface area contributed by atoms with Crippen LogP contribution in [0.4, 0.5) is 0 Å². The third-order valence-corrected chi connectivity index (χ3v) is 5.79. The van der Waals surface area contributed by atoms with E-state index in [4.69, 9.17) is 4.74 Å². The summed E-state index contributed by atoms with van der Waals surface area (Å²) >= 11 is 0. The van der Waals surface area contributed by atoms with Crippen LogP contribution in [0, 0.1) is 0 Å². The molecule has 19 heavy (non-hydrogen) atoms. The molecule has 0 atom stereocenters. The lowest BCUT2D eigenvalue weighted by molar-refractivity contribution is 0.0380. The minimum Gasteiger partial charge on any atom is -0.379 e. The number of morpholine rings is 1. The molecule has 0 saturated carbocycles. The Morgan fingerprint density at radius 2 is 1.63 bits per heavy atom. The Hall–Kier alpha value is -0.210. The topological polar surface area (TPSA) is 53.1 Å². The number of hydrogen-bond acceptors (Lipinski definition) is 5. The molecule has 7 heteroatoms. The first-order valence-corrected chi connectivity index (χ1v) is 8.65. The predicted octanol–water partition coefficient (Wildman–Crippen LogP) is -0.714. The van der Waals surface area contributed by atoms with E-state index in [1.165, 1.54) is 0 Å². The first kappa shape index (κ1) is 15.2. The largest absolute Gasteiger partial charge is 0.379 e. The van der Waals surface area contributed by atoms with Crippen LogP contribution in [0.25, 0.3) is 0 Å². The molecule has 2 heterocycles. The Labute approximate surface area is 116 Å². The number of piperazine rings is 1. The highest BCUT2D eigenvalue weighted by molar-refractivity contribution is 7.89. The van der Waals surface area contributed by atoms with E-state index in [-0.39, 0.29) is 5.75 Å². The second kappa shape index (κ2) is 6.99. The van der Waals surface area contributed by atoms with Crippen molar-refractivity contribution in [3.8, 4) is 0 Å². The molecule has 0 radical (unpaired) electrons.